The van der Waals surface area contributed by atoms with Crippen LogP contribution < -0.4 is 0 Å². The first-order valence-corrected chi connectivity index (χ1v) is 5.65. The fourth-order valence-corrected chi connectivity index (χ4v) is 0.737. The molecule has 0 spiro atoms. The van der Waals surface area contributed by atoms with E-state index in [-0.39, 0.29) is 18.5 Å². The molecule has 0 aromatic rings. The van der Waals surface area contributed by atoms with Gasteiger partial charge >= 0.3 is 11.9 Å². The van der Waals surface area contributed by atoms with Crippen LogP contribution in [0.1, 0.15) is 13.8 Å². The molecule has 0 fully saturated rings. The molecule has 0 aliphatic rings. The van der Waals surface area contributed by atoms with Crippen molar-refractivity contribution in [3.8, 4) is 23.7 Å². The largest absolute Gasteiger partial charge is 0.466 e. The fraction of sp³-hybridized carbons (Fsp3) is 0.333. The standard InChI is InChI=1S/C15H16O4/c1-13(2)15(17)19-12-10-8-6-4-5-7-9-11-14(16)18-3/h8-11,13H,12H2,1-3H3/b10-8-,11-9-. The van der Waals surface area contributed by atoms with Gasteiger partial charge in [0, 0.05) is 6.08 Å². The minimum atomic E-state index is -0.464. The number of hydrogen-bond acceptors (Lipinski definition) is 4. The molecule has 0 radical (unpaired) electrons. The molecule has 0 amide bonds. The summed E-state index contributed by atoms with van der Waals surface area (Å²) in [7, 11) is 1.29. The average Bonchev–Trinajstić information content (AvgIpc) is 2.39. The third-order valence-corrected chi connectivity index (χ3v) is 1.71. The first kappa shape index (κ1) is 16.5. The molecule has 4 nitrogen and oxygen atoms in total. The molecular weight excluding hydrogens is 244 g/mol. The van der Waals surface area contributed by atoms with Crippen LogP contribution in [0.25, 0.3) is 0 Å². The zero-order valence-electron chi connectivity index (χ0n) is 11.2. The lowest BCUT2D eigenvalue weighted by Gasteiger charge is -2.02. The lowest BCUT2D eigenvalue weighted by atomic mass is 10.2. The molecule has 0 aliphatic carbocycles. The minimum absolute atomic E-state index is 0.132. The molecule has 0 saturated heterocycles. The Morgan fingerprint density at radius 1 is 1.16 bits per heavy atom. The van der Waals surface area contributed by atoms with E-state index in [9.17, 15) is 9.59 Å². The second-order valence-corrected chi connectivity index (χ2v) is 3.58. The van der Waals surface area contributed by atoms with E-state index in [4.69, 9.17) is 4.74 Å². The molecule has 0 rings (SSSR count). The highest BCUT2D eigenvalue weighted by molar-refractivity contribution is 5.82. The average molecular weight is 260 g/mol. The normalized spacial score (nSPS) is 9.68. The van der Waals surface area contributed by atoms with Crippen LogP contribution in [0.5, 0.6) is 0 Å². The Morgan fingerprint density at radius 2 is 1.79 bits per heavy atom. The highest BCUT2D eigenvalue weighted by atomic mass is 16.5. The zero-order valence-corrected chi connectivity index (χ0v) is 11.2. The first-order valence-electron chi connectivity index (χ1n) is 5.65. The Hall–Kier alpha value is -2.46. The smallest absolute Gasteiger partial charge is 0.331 e. The maximum atomic E-state index is 11.1. The molecule has 0 aromatic carbocycles. The molecule has 100 valence electrons. The molecule has 0 N–H and O–H groups in total. The second-order valence-electron chi connectivity index (χ2n) is 3.58. The first-order chi connectivity index (χ1) is 9.07. The Bertz CT molecular complexity index is 476. The molecule has 0 bridgehead atoms. The zero-order chi connectivity index (χ0) is 14.5. The Morgan fingerprint density at radius 3 is 2.37 bits per heavy atom. The van der Waals surface area contributed by atoms with Crippen molar-refractivity contribution in [3.63, 3.8) is 0 Å². The van der Waals surface area contributed by atoms with Crippen molar-refractivity contribution in [2.75, 3.05) is 13.7 Å². The fourth-order valence-electron chi connectivity index (χ4n) is 0.737. The van der Waals surface area contributed by atoms with Crippen LogP contribution in [0.3, 0.4) is 0 Å². The predicted octanol–water partition coefficient (Wildman–Crippen LogP) is 1.48. The van der Waals surface area contributed by atoms with Crippen molar-refractivity contribution in [2.24, 2.45) is 5.92 Å². The van der Waals surface area contributed by atoms with Crippen molar-refractivity contribution in [3.05, 3.63) is 24.3 Å². The molecule has 0 atom stereocenters. The van der Waals surface area contributed by atoms with Crippen LogP contribution in [-0.2, 0) is 19.1 Å². The molecule has 4 heteroatoms. The van der Waals surface area contributed by atoms with E-state index >= 15 is 0 Å². The van der Waals surface area contributed by atoms with E-state index in [0.29, 0.717) is 0 Å². The molecule has 19 heavy (non-hydrogen) atoms. The third kappa shape index (κ3) is 10.4. The van der Waals surface area contributed by atoms with Crippen molar-refractivity contribution in [1.29, 1.82) is 0 Å². The monoisotopic (exact) mass is 260 g/mol. The Labute approximate surface area is 113 Å². The van der Waals surface area contributed by atoms with E-state index < -0.39 is 5.97 Å². The van der Waals surface area contributed by atoms with Gasteiger partial charge < -0.3 is 9.47 Å². The summed E-state index contributed by atoms with van der Waals surface area (Å²) >= 11 is 0. The van der Waals surface area contributed by atoms with Crippen LogP contribution in [0.2, 0.25) is 0 Å². The molecule has 0 aromatic heterocycles. The van der Waals surface area contributed by atoms with Gasteiger partial charge in [-0.15, -0.1) is 0 Å². The van der Waals surface area contributed by atoms with Crippen molar-refractivity contribution in [1.82, 2.24) is 0 Å². The number of esters is 2. The van der Waals surface area contributed by atoms with Crippen LogP contribution in [-0.4, -0.2) is 25.7 Å². The van der Waals surface area contributed by atoms with Crippen LogP contribution in [0.4, 0.5) is 0 Å². The quantitative estimate of drug-likeness (QED) is 0.436. The number of ether oxygens (including phenoxy) is 2. The number of allylic oxidation sites excluding steroid dienone is 2. The number of carbonyl (C=O) groups is 2. The number of rotatable bonds is 4. The van der Waals surface area contributed by atoms with Gasteiger partial charge in [-0.25, -0.2) is 4.79 Å². The summed E-state index contributed by atoms with van der Waals surface area (Å²) in [6, 6.07) is 0. The van der Waals surface area contributed by atoms with Crippen molar-refractivity contribution >= 4 is 11.9 Å². The summed E-state index contributed by atoms with van der Waals surface area (Å²) in [5, 5.41) is 0. The van der Waals surface area contributed by atoms with E-state index in [1.807, 2.05) is 0 Å². The lowest BCUT2D eigenvalue weighted by molar-refractivity contribution is -0.146. The van der Waals surface area contributed by atoms with Crippen molar-refractivity contribution < 1.29 is 19.1 Å². The maximum absolute atomic E-state index is 11.1. The summed E-state index contributed by atoms with van der Waals surface area (Å²) in [6.45, 7) is 3.73. The Kier molecular flexibility index (Phi) is 9.30. The van der Waals surface area contributed by atoms with E-state index in [2.05, 4.69) is 28.4 Å². The van der Waals surface area contributed by atoms with Gasteiger partial charge in [0.05, 0.1) is 13.0 Å². The van der Waals surface area contributed by atoms with Gasteiger partial charge in [0.2, 0.25) is 0 Å². The van der Waals surface area contributed by atoms with Crippen molar-refractivity contribution in [2.45, 2.75) is 13.8 Å². The van der Waals surface area contributed by atoms with Gasteiger partial charge in [0.15, 0.2) is 0 Å². The van der Waals surface area contributed by atoms with Crippen LogP contribution >= 0.6 is 0 Å². The highest BCUT2D eigenvalue weighted by Crippen LogP contribution is 1.95. The van der Waals surface area contributed by atoms with Crippen LogP contribution in [0.15, 0.2) is 24.3 Å². The summed E-state index contributed by atoms with van der Waals surface area (Å²) < 4.78 is 9.27. The summed E-state index contributed by atoms with van der Waals surface area (Å²) in [5.41, 5.74) is 0. The SMILES string of the molecule is COC(=O)/C=C\C#CC#C/C=C\COC(=O)C(C)C. The number of methoxy groups -OCH3 is 1. The second kappa shape index (κ2) is 10.7. The van der Waals surface area contributed by atoms with Gasteiger partial charge in [-0.1, -0.05) is 25.7 Å². The third-order valence-electron chi connectivity index (χ3n) is 1.71. The van der Waals surface area contributed by atoms with Gasteiger partial charge in [-0.05, 0) is 30.1 Å². The van der Waals surface area contributed by atoms with Gasteiger partial charge in [-0.2, -0.15) is 0 Å². The Balaban J connectivity index is 3.93. The van der Waals surface area contributed by atoms with E-state index in [0.717, 1.165) is 0 Å². The maximum Gasteiger partial charge on any atom is 0.331 e. The summed E-state index contributed by atoms with van der Waals surface area (Å²) in [6.07, 6.45) is 5.73. The van der Waals surface area contributed by atoms with Gasteiger partial charge in [0.25, 0.3) is 0 Å². The highest BCUT2D eigenvalue weighted by Gasteiger charge is 2.05. The van der Waals surface area contributed by atoms with Gasteiger partial charge in [0.1, 0.15) is 6.61 Å². The molecular formula is C15H16O4. The van der Waals surface area contributed by atoms with E-state index in [1.165, 1.54) is 19.3 Å². The molecule has 0 unspecified atom stereocenters. The topological polar surface area (TPSA) is 52.6 Å². The number of carbonyl (C=O) groups excluding carboxylic acids is 2. The molecule has 0 saturated carbocycles. The predicted molar refractivity (Wildman–Crippen MR) is 71.6 cm³/mol. The minimum Gasteiger partial charge on any atom is -0.466 e. The summed E-state index contributed by atoms with van der Waals surface area (Å²) in [4.78, 5) is 21.7. The van der Waals surface area contributed by atoms with Gasteiger partial charge in [-0.3, -0.25) is 4.79 Å². The summed E-state index contributed by atoms with van der Waals surface area (Å²) in [5.74, 6) is 9.42. The molecule has 0 aliphatic heterocycles. The van der Waals surface area contributed by atoms with E-state index in [1.54, 1.807) is 26.0 Å². The lowest BCUT2D eigenvalue weighted by Crippen LogP contribution is -2.11. The molecule has 0 heterocycles. The number of hydrogen-bond donors (Lipinski definition) is 0. The van der Waals surface area contributed by atoms with Crippen LogP contribution in [0, 0.1) is 29.6 Å².